The molecular formula is C28H28FN3O3. The molecule has 1 aromatic heterocycles. The third-order valence-corrected chi connectivity index (χ3v) is 5.97. The summed E-state index contributed by atoms with van der Waals surface area (Å²) in [4.78, 5) is 38.9. The minimum Gasteiger partial charge on any atom is -0.356 e. The van der Waals surface area contributed by atoms with Crippen LogP contribution in [0.3, 0.4) is 0 Å². The maximum atomic E-state index is 13.5. The zero-order valence-corrected chi connectivity index (χ0v) is 19.7. The first-order chi connectivity index (χ1) is 17.0. The van der Waals surface area contributed by atoms with Crippen molar-refractivity contribution in [3.05, 3.63) is 111 Å². The van der Waals surface area contributed by atoms with Gasteiger partial charge in [-0.2, -0.15) is 0 Å². The van der Waals surface area contributed by atoms with Gasteiger partial charge in [0.2, 0.25) is 5.91 Å². The van der Waals surface area contributed by atoms with Crippen molar-refractivity contribution in [2.45, 2.75) is 39.2 Å². The number of halogens is 1. The van der Waals surface area contributed by atoms with Gasteiger partial charge in [0.05, 0.1) is 29.6 Å². The van der Waals surface area contributed by atoms with Gasteiger partial charge in [0.25, 0.3) is 5.56 Å². The van der Waals surface area contributed by atoms with Crippen LogP contribution in [0.15, 0.2) is 82.4 Å². The molecule has 0 radical (unpaired) electrons. The Hall–Kier alpha value is -4.00. The van der Waals surface area contributed by atoms with Crippen molar-refractivity contribution in [1.82, 2.24) is 14.5 Å². The van der Waals surface area contributed by atoms with E-state index in [0.29, 0.717) is 23.1 Å². The summed E-state index contributed by atoms with van der Waals surface area (Å²) in [5.41, 5.74) is 1.57. The van der Waals surface area contributed by atoms with Crippen LogP contribution in [0.1, 0.15) is 37.3 Å². The summed E-state index contributed by atoms with van der Waals surface area (Å²) in [6.45, 7) is 2.96. The van der Waals surface area contributed by atoms with Crippen LogP contribution in [-0.2, 0) is 17.8 Å². The molecule has 0 spiro atoms. The number of amides is 1. The van der Waals surface area contributed by atoms with E-state index in [1.165, 1.54) is 16.7 Å². The van der Waals surface area contributed by atoms with Crippen LogP contribution >= 0.6 is 0 Å². The van der Waals surface area contributed by atoms with Crippen molar-refractivity contribution in [3.63, 3.8) is 0 Å². The van der Waals surface area contributed by atoms with Crippen LogP contribution in [-0.4, -0.2) is 21.6 Å². The van der Waals surface area contributed by atoms with Crippen LogP contribution in [0.5, 0.6) is 0 Å². The quantitative estimate of drug-likeness (QED) is 0.371. The molecule has 0 aliphatic carbocycles. The maximum Gasteiger partial charge on any atom is 0.336 e. The largest absolute Gasteiger partial charge is 0.356 e. The SMILES string of the molecule is CCCCCNC(=O)Cc1ccc(-n2c(=O)c3ccccc3n(Cc3ccc(F)cc3)c2=O)cc1. The van der Waals surface area contributed by atoms with Crippen molar-refractivity contribution >= 4 is 16.8 Å². The van der Waals surface area contributed by atoms with Crippen LogP contribution < -0.4 is 16.6 Å². The first kappa shape index (κ1) is 24.1. The second kappa shape index (κ2) is 11.0. The molecule has 6 nitrogen and oxygen atoms in total. The van der Waals surface area contributed by atoms with Gasteiger partial charge in [0.1, 0.15) is 5.82 Å². The molecule has 3 aromatic carbocycles. The van der Waals surface area contributed by atoms with Gasteiger partial charge >= 0.3 is 5.69 Å². The Morgan fingerprint density at radius 3 is 2.29 bits per heavy atom. The molecule has 7 heteroatoms. The summed E-state index contributed by atoms with van der Waals surface area (Å²) in [6, 6.07) is 19.7. The van der Waals surface area contributed by atoms with Crippen molar-refractivity contribution < 1.29 is 9.18 Å². The lowest BCUT2D eigenvalue weighted by molar-refractivity contribution is -0.120. The van der Waals surface area contributed by atoms with Crippen molar-refractivity contribution in [3.8, 4) is 5.69 Å². The lowest BCUT2D eigenvalue weighted by Gasteiger charge is -2.15. The summed E-state index contributed by atoms with van der Waals surface area (Å²) in [5.74, 6) is -0.413. The molecule has 0 aliphatic rings. The topological polar surface area (TPSA) is 73.1 Å². The van der Waals surface area contributed by atoms with Gasteiger partial charge < -0.3 is 5.32 Å². The Morgan fingerprint density at radius 1 is 0.886 bits per heavy atom. The van der Waals surface area contributed by atoms with Crippen molar-refractivity contribution in [2.75, 3.05) is 6.54 Å². The van der Waals surface area contributed by atoms with Gasteiger partial charge in [0, 0.05) is 6.54 Å². The monoisotopic (exact) mass is 473 g/mol. The highest BCUT2D eigenvalue weighted by Gasteiger charge is 2.15. The molecule has 1 amide bonds. The van der Waals surface area contributed by atoms with Crippen LogP contribution in [0, 0.1) is 5.82 Å². The molecule has 0 aliphatic heterocycles. The summed E-state index contributed by atoms with van der Waals surface area (Å²) in [7, 11) is 0. The molecule has 35 heavy (non-hydrogen) atoms. The number of aromatic nitrogens is 2. The Morgan fingerprint density at radius 2 is 1.57 bits per heavy atom. The molecule has 0 saturated heterocycles. The zero-order valence-electron chi connectivity index (χ0n) is 19.7. The number of nitrogens with zero attached hydrogens (tertiary/aromatic N) is 2. The predicted octanol–water partition coefficient (Wildman–Crippen LogP) is 4.19. The highest BCUT2D eigenvalue weighted by molar-refractivity contribution is 5.79. The molecule has 4 aromatic rings. The number of nitrogens with one attached hydrogen (secondary N) is 1. The molecular weight excluding hydrogens is 445 g/mol. The molecule has 1 heterocycles. The Balaban J connectivity index is 1.66. The molecule has 0 saturated carbocycles. The number of benzene rings is 3. The predicted molar refractivity (Wildman–Crippen MR) is 136 cm³/mol. The Bertz CT molecular complexity index is 1440. The summed E-state index contributed by atoms with van der Waals surface area (Å²) < 4.78 is 16.0. The average molecular weight is 474 g/mol. The van der Waals surface area contributed by atoms with E-state index < -0.39 is 11.2 Å². The zero-order chi connectivity index (χ0) is 24.8. The summed E-state index contributed by atoms with van der Waals surface area (Å²) >= 11 is 0. The minimum absolute atomic E-state index is 0.0571. The Kier molecular flexibility index (Phi) is 7.55. The standard InChI is InChI=1S/C28H28FN3O3/c1-2-3-6-17-30-26(33)18-20-11-15-23(16-12-20)32-27(34)24-7-4-5-8-25(24)31(28(32)35)19-21-9-13-22(29)14-10-21/h4-5,7-16H,2-3,6,17-19H2,1H3,(H,30,33). The third kappa shape index (κ3) is 5.57. The first-order valence-electron chi connectivity index (χ1n) is 11.8. The van der Waals surface area contributed by atoms with Crippen LogP contribution in [0.4, 0.5) is 4.39 Å². The van der Waals surface area contributed by atoms with Gasteiger partial charge in [0.15, 0.2) is 0 Å². The fraction of sp³-hybridized carbons (Fsp3) is 0.250. The van der Waals surface area contributed by atoms with E-state index in [9.17, 15) is 18.8 Å². The number of carbonyl (C=O) groups excluding carboxylic acids is 1. The maximum absolute atomic E-state index is 13.5. The molecule has 4 rings (SSSR count). The lowest BCUT2D eigenvalue weighted by Crippen LogP contribution is -2.39. The number of carbonyl (C=O) groups is 1. The van der Waals surface area contributed by atoms with E-state index in [0.717, 1.165) is 35.0 Å². The van der Waals surface area contributed by atoms with Gasteiger partial charge in [-0.1, -0.05) is 56.2 Å². The number of fused-ring (bicyclic) bond motifs is 1. The summed E-state index contributed by atoms with van der Waals surface area (Å²) in [5, 5.41) is 3.32. The molecule has 180 valence electrons. The second-order valence-corrected chi connectivity index (χ2v) is 8.55. The van der Waals surface area contributed by atoms with E-state index in [1.54, 1.807) is 60.7 Å². The molecule has 0 atom stereocenters. The third-order valence-electron chi connectivity index (χ3n) is 5.97. The van der Waals surface area contributed by atoms with Gasteiger partial charge in [-0.15, -0.1) is 0 Å². The van der Waals surface area contributed by atoms with E-state index in [1.807, 2.05) is 0 Å². The van der Waals surface area contributed by atoms with E-state index in [4.69, 9.17) is 0 Å². The second-order valence-electron chi connectivity index (χ2n) is 8.55. The highest BCUT2D eigenvalue weighted by Crippen LogP contribution is 2.14. The minimum atomic E-state index is -0.487. The number of hydrogen-bond donors (Lipinski definition) is 1. The van der Waals surface area contributed by atoms with Crippen LogP contribution in [0.25, 0.3) is 16.6 Å². The molecule has 1 N–H and O–H groups in total. The van der Waals surface area contributed by atoms with E-state index >= 15 is 0 Å². The number of rotatable bonds is 9. The average Bonchev–Trinajstić information content (AvgIpc) is 2.87. The Labute approximate surface area is 202 Å². The lowest BCUT2D eigenvalue weighted by atomic mass is 10.1. The smallest absolute Gasteiger partial charge is 0.336 e. The first-order valence-corrected chi connectivity index (χ1v) is 11.8. The fourth-order valence-corrected chi connectivity index (χ4v) is 4.09. The van der Waals surface area contributed by atoms with Gasteiger partial charge in [-0.25, -0.2) is 13.8 Å². The number of unbranched alkanes of at least 4 members (excludes halogenated alkanes) is 2. The fourth-order valence-electron chi connectivity index (χ4n) is 4.09. The molecule has 0 fully saturated rings. The number of hydrogen-bond acceptors (Lipinski definition) is 3. The molecule has 0 unspecified atom stereocenters. The highest BCUT2D eigenvalue weighted by atomic mass is 19.1. The van der Waals surface area contributed by atoms with Gasteiger partial charge in [-0.3, -0.25) is 14.2 Å². The normalized spacial score (nSPS) is 11.0. The number of para-hydroxylation sites is 1. The van der Waals surface area contributed by atoms with E-state index in [-0.39, 0.29) is 24.7 Å². The van der Waals surface area contributed by atoms with E-state index in [2.05, 4.69) is 12.2 Å². The summed E-state index contributed by atoms with van der Waals surface area (Å²) in [6.07, 6.45) is 3.36. The van der Waals surface area contributed by atoms with Crippen molar-refractivity contribution in [1.29, 1.82) is 0 Å². The van der Waals surface area contributed by atoms with Crippen LogP contribution in [0.2, 0.25) is 0 Å². The molecule has 0 bridgehead atoms. The van der Waals surface area contributed by atoms with Gasteiger partial charge in [-0.05, 0) is 53.9 Å². The van der Waals surface area contributed by atoms with Crippen molar-refractivity contribution in [2.24, 2.45) is 0 Å².